The number of carbonyl (C=O) groups is 3. The Balaban J connectivity index is 0.000000225. The van der Waals surface area contributed by atoms with Gasteiger partial charge in [0.25, 0.3) is 0 Å². The molecule has 0 atom stereocenters. The zero-order valence-electron chi connectivity index (χ0n) is 33.2. The molecule has 9 nitrogen and oxygen atoms in total. The van der Waals surface area contributed by atoms with Crippen LogP contribution in [0.4, 0.5) is 0 Å². The molecule has 0 unspecified atom stereocenters. The predicted molar refractivity (Wildman–Crippen MR) is 237 cm³/mol. The Morgan fingerprint density at radius 2 is 0.983 bits per heavy atom. The van der Waals surface area contributed by atoms with Crippen molar-refractivity contribution in [2.24, 2.45) is 5.16 Å². The minimum atomic E-state index is -0.320. The summed E-state index contributed by atoms with van der Waals surface area (Å²) in [4.78, 5) is 45.9. The number of carbonyl (C=O) groups excluding carboxylic acids is 3. The molecule has 0 aliphatic heterocycles. The first kappa shape index (κ1) is 44.6. The number of nitrogens with zero attached hydrogens (tertiary/aromatic N) is 1. The summed E-state index contributed by atoms with van der Waals surface area (Å²) in [7, 11) is 3.21. The first-order valence-electron chi connectivity index (χ1n) is 18.7. The van der Waals surface area contributed by atoms with Crippen LogP contribution in [-0.2, 0) is 36.7 Å². The summed E-state index contributed by atoms with van der Waals surface area (Å²) in [6, 6.07) is 33.2. The lowest BCUT2D eigenvalue weighted by atomic mass is 10.0. The number of hydrogen-bond acceptors (Lipinski definition) is 11. The van der Waals surface area contributed by atoms with Crippen LogP contribution in [0.25, 0.3) is 20.9 Å². The summed E-state index contributed by atoms with van der Waals surface area (Å²) in [5.74, 6) is 0.759. The van der Waals surface area contributed by atoms with Crippen molar-refractivity contribution in [3.05, 3.63) is 151 Å². The first-order valence-corrected chi connectivity index (χ1v) is 21.1. The van der Waals surface area contributed by atoms with E-state index >= 15 is 0 Å². The molecule has 0 fully saturated rings. The molecule has 306 valence electrons. The monoisotopic (exact) mass is 871 g/mol. The van der Waals surface area contributed by atoms with Gasteiger partial charge in [0.1, 0.15) is 23.8 Å². The maximum atomic E-state index is 12.9. The third-order valence-electron chi connectivity index (χ3n) is 8.57. The highest BCUT2D eigenvalue weighted by Crippen LogP contribution is 2.37. The van der Waals surface area contributed by atoms with Crippen molar-refractivity contribution in [2.45, 2.75) is 33.6 Å². The van der Waals surface area contributed by atoms with Gasteiger partial charge in [-0.3, -0.25) is 14.4 Å². The standard InChI is InChI=1S/C24H24ClNO4S.C22H19ClO4S/c1-4-29-22(27)15-18-14-21(31-24(18)17-6-10-19(25)11-7-17)23(26-30-5-2)16-8-12-20(28-3)13-9-16;1-3-27-20(24)13-16-12-19(21(25)14-6-10-18(26-2)11-7-14)28-22(16)15-4-8-17(23)9-5-15/h6-14H,4-5,15H2,1-3H3;4-12H,3,13H2,1-2H3. The minimum Gasteiger partial charge on any atom is -0.497 e. The van der Waals surface area contributed by atoms with E-state index in [1.54, 1.807) is 81.9 Å². The molecule has 0 aliphatic carbocycles. The van der Waals surface area contributed by atoms with Crippen molar-refractivity contribution in [3.8, 4) is 32.4 Å². The Labute approximate surface area is 362 Å². The third kappa shape index (κ3) is 12.3. The maximum Gasteiger partial charge on any atom is 0.310 e. The number of rotatable bonds is 16. The van der Waals surface area contributed by atoms with Gasteiger partial charge >= 0.3 is 11.9 Å². The van der Waals surface area contributed by atoms with E-state index in [-0.39, 0.29) is 30.6 Å². The average Bonchev–Trinajstić information content (AvgIpc) is 3.86. The molecule has 6 aromatic rings. The molecular formula is C46H43Cl2NO8S2. The first-order chi connectivity index (χ1) is 28.6. The lowest BCUT2D eigenvalue weighted by Gasteiger charge is -2.06. The summed E-state index contributed by atoms with van der Waals surface area (Å²) in [5.41, 5.74) is 5.67. The lowest BCUT2D eigenvalue weighted by molar-refractivity contribution is -0.143. The van der Waals surface area contributed by atoms with Crippen molar-refractivity contribution >= 4 is 69.3 Å². The quantitative estimate of drug-likeness (QED) is 0.0409. The Kier molecular flexibility index (Phi) is 16.7. The van der Waals surface area contributed by atoms with Gasteiger partial charge in [-0.1, -0.05) is 52.6 Å². The highest BCUT2D eigenvalue weighted by atomic mass is 35.5. The van der Waals surface area contributed by atoms with Crippen molar-refractivity contribution < 1.29 is 38.2 Å². The fourth-order valence-corrected chi connectivity index (χ4v) is 8.37. The summed E-state index contributed by atoms with van der Waals surface area (Å²) < 4.78 is 20.7. The van der Waals surface area contributed by atoms with Gasteiger partial charge in [0.15, 0.2) is 0 Å². The highest BCUT2D eigenvalue weighted by Gasteiger charge is 2.21. The molecule has 0 bridgehead atoms. The van der Waals surface area contributed by atoms with Crippen LogP contribution in [0.3, 0.4) is 0 Å². The molecule has 0 aliphatic rings. The summed E-state index contributed by atoms with van der Waals surface area (Å²) in [6.07, 6.45) is 0.283. The topological polar surface area (TPSA) is 110 Å². The number of halogens is 2. The van der Waals surface area contributed by atoms with Crippen molar-refractivity contribution in [1.29, 1.82) is 0 Å². The lowest BCUT2D eigenvalue weighted by Crippen LogP contribution is -2.07. The molecule has 6 rings (SSSR count). The Morgan fingerprint density at radius 1 is 0.559 bits per heavy atom. The summed E-state index contributed by atoms with van der Waals surface area (Å²) >= 11 is 15.0. The Bertz CT molecular complexity index is 2350. The molecule has 4 aromatic carbocycles. The number of ketones is 1. The number of thiophene rings is 2. The number of ether oxygens (including phenoxy) is 4. The molecule has 13 heteroatoms. The van der Waals surface area contributed by atoms with Gasteiger partial charge in [-0.15, -0.1) is 22.7 Å². The molecule has 0 spiro atoms. The predicted octanol–water partition coefficient (Wildman–Crippen LogP) is 11.4. The van der Waals surface area contributed by atoms with E-state index < -0.39 is 0 Å². The zero-order valence-corrected chi connectivity index (χ0v) is 36.4. The van der Waals surface area contributed by atoms with E-state index in [1.165, 1.54) is 11.3 Å². The smallest absolute Gasteiger partial charge is 0.310 e. The molecule has 2 aromatic heterocycles. The van der Waals surface area contributed by atoms with Gasteiger partial charge in [-0.25, -0.2) is 0 Å². The fourth-order valence-electron chi connectivity index (χ4n) is 5.78. The molecule has 0 saturated carbocycles. The van der Waals surface area contributed by atoms with Gasteiger partial charge in [-0.05, 0) is 128 Å². The van der Waals surface area contributed by atoms with Crippen molar-refractivity contribution in [2.75, 3.05) is 34.0 Å². The van der Waals surface area contributed by atoms with Crippen molar-refractivity contribution in [1.82, 2.24) is 0 Å². The minimum absolute atomic E-state index is 0.0991. The molecule has 0 amide bonds. The van der Waals surface area contributed by atoms with Crippen LogP contribution in [0.15, 0.2) is 114 Å². The van der Waals surface area contributed by atoms with Crippen LogP contribution < -0.4 is 9.47 Å². The largest absolute Gasteiger partial charge is 0.497 e. The zero-order chi connectivity index (χ0) is 42.3. The Morgan fingerprint density at radius 3 is 1.41 bits per heavy atom. The van der Waals surface area contributed by atoms with Crippen LogP contribution in [0.1, 0.15) is 57.6 Å². The van der Waals surface area contributed by atoms with Gasteiger partial charge in [0.05, 0.1) is 50.0 Å². The van der Waals surface area contributed by atoms with Crippen LogP contribution >= 0.6 is 45.9 Å². The number of methoxy groups -OCH3 is 2. The maximum absolute atomic E-state index is 12.9. The SMILES string of the molecule is CCOC(=O)Cc1cc(C(=O)c2ccc(OC)cc2)sc1-c1ccc(Cl)cc1.CCON=C(c1ccc(OC)cc1)c1cc(CC(=O)OCC)c(-c2ccc(Cl)cc2)s1. The summed E-state index contributed by atoms with van der Waals surface area (Å²) in [5, 5.41) is 5.65. The average molecular weight is 873 g/mol. The second-order valence-electron chi connectivity index (χ2n) is 12.6. The molecule has 0 N–H and O–H groups in total. The van der Waals surface area contributed by atoms with E-state index in [4.69, 9.17) is 47.0 Å². The van der Waals surface area contributed by atoms with E-state index in [1.807, 2.05) is 73.7 Å². The molecular weight excluding hydrogens is 830 g/mol. The highest BCUT2D eigenvalue weighted by molar-refractivity contribution is 7.18. The number of benzene rings is 4. The Hall–Kier alpha value is -5.46. The fraction of sp³-hybridized carbons (Fsp3) is 0.217. The van der Waals surface area contributed by atoms with Gasteiger partial charge in [0.2, 0.25) is 5.78 Å². The normalized spacial score (nSPS) is 10.9. The number of hydrogen-bond donors (Lipinski definition) is 0. The van der Waals surface area contributed by atoms with E-state index in [0.717, 1.165) is 48.2 Å². The van der Waals surface area contributed by atoms with Crippen LogP contribution in [0.2, 0.25) is 10.0 Å². The van der Waals surface area contributed by atoms with Gasteiger partial charge in [-0.2, -0.15) is 0 Å². The summed E-state index contributed by atoms with van der Waals surface area (Å²) in [6.45, 7) is 6.56. The number of oxime groups is 1. The second kappa shape index (κ2) is 22.1. The van der Waals surface area contributed by atoms with Crippen molar-refractivity contribution in [3.63, 3.8) is 0 Å². The number of esters is 2. The van der Waals surface area contributed by atoms with Gasteiger partial charge in [0, 0.05) is 30.9 Å². The van der Waals surface area contributed by atoms with E-state index in [2.05, 4.69) is 5.16 Å². The molecule has 0 radical (unpaired) electrons. The van der Waals surface area contributed by atoms with Crippen LogP contribution in [0.5, 0.6) is 11.5 Å². The van der Waals surface area contributed by atoms with Crippen LogP contribution in [0, 0.1) is 0 Å². The van der Waals surface area contributed by atoms with E-state index in [9.17, 15) is 14.4 Å². The molecule has 2 heterocycles. The molecule has 0 saturated heterocycles. The molecule has 59 heavy (non-hydrogen) atoms. The van der Waals surface area contributed by atoms with Crippen LogP contribution in [-0.4, -0.2) is 57.5 Å². The second-order valence-corrected chi connectivity index (χ2v) is 15.5. The van der Waals surface area contributed by atoms with E-state index in [0.29, 0.717) is 51.8 Å². The van der Waals surface area contributed by atoms with Gasteiger partial charge < -0.3 is 23.8 Å². The third-order valence-corrected chi connectivity index (χ3v) is 11.5.